The lowest BCUT2D eigenvalue weighted by molar-refractivity contribution is 0.0879. The first kappa shape index (κ1) is 10.6. The van der Waals surface area contributed by atoms with Crippen molar-refractivity contribution in [2.75, 3.05) is 0 Å². The van der Waals surface area contributed by atoms with Gasteiger partial charge in [-0.3, -0.25) is 0 Å². The molecular formula is C9H16N2OS. The van der Waals surface area contributed by atoms with Gasteiger partial charge in [0.2, 0.25) is 0 Å². The third kappa shape index (κ3) is 2.49. The molecule has 1 rings (SSSR count). The van der Waals surface area contributed by atoms with E-state index < -0.39 is 11.6 Å². The molecule has 0 unspecified atom stereocenters. The van der Waals surface area contributed by atoms with E-state index >= 15 is 0 Å². The number of thiazole rings is 1. The van der Waals surface area contributed by atoms with Crippen LogP contribution in [0.25, 0.3) is 0 Å². The van der Waals surface area contributed by atoms with Crippen molar-refractivity contribution in [3.63, 3.8) is 0 Å². The largest absolute Gasteiger partial charge is 0.384 e. The minimum Gasteiger partial charge on any atom is -0.384 e. The number of aliphatic hydroxyl groups is 1. The number of nitrogens with zero attached hydrogens (tertiary/aromatic N) is 1. The van der Waals surface area contributed by atoms with Gasteiger partial charge in [-0.25, -0.2) is 4.98 Å². The van der Waals surface area contributed by atoms with E-state index in [1.807, 2.05) is 12.3 Å². The summed E-state index contributed by atoms with van der Waals surface area (Å²) in [6.45, 7) is 3.92. The summed E-state index contributed by atoms with van der Waals surface area (Å²) >= 11 is 1.44. The van der Waals surface area contributed by atoms with Gasteiger partial charge in [0.05, 0.1) is 0 Å². The van der Waals surface area contributed by atoms with E-state index in [-0.39, 0.29) is 0 Å². The summed E-state index contributed by atoms with van der Waals surface area (Å²) in [6.07, 6.45) is 2.81. The second-order valence-corrected chi connectivity index (χ2v) is 4.45. The highest BCUT2D eigenvalue weighted by Crippen LogP contribution is 2.28. The van der Waals surface area contributed by atoms with Gasteiger partial charge in [0.25, 0.3) is 0 Å². The average molecular weight is 200 g/mol. The van der Waals surface area contributed by atoms with E-state index in [9.17, 15) is 5.11 Å². The van der Waals surface area contributed by atoms with Crippen LogP contribution in [0, 0.1) is 0 Å². The highest BCUT2D eigenvalue weighted by molar-refractivity contribution is 7.09. The molecule has 0 radical (unpaired) electrons. The lowest BCUT2D eigenvalue weighted by atomic mass is 9.91. The fourth-order valence-electron chi connectivity index (χ4n) is 1.33. The number of aliphatic hydroxyl groups excluding tert-OH is 1. The van der Waals surface area contributed by atoms with Crippen LogP contribution in [0.1, 0.15) is 37.8 Å². The molecule has 0 saturated carbocycles. The van der Waals surface area contributed by atoms with E-state index in [1.165, 1.54) is 11.3 Å². The van der Waals surface area contributed by atoms with E-state index in [0.29, 0.717) is 5.01 Å². The summed E-state index contributed by atoms with van der Waals surface area (Å²) in [4.78, 5) is 4.05. The Kier molecular flexibility index (Phi) is 3.41. The normalized spacial score (nSPS) is 18.2. The molecule has 0 aromatic carbocycles. The highest BCUT2D eigenvalue weighted by atomic mass is 32.1. The van der Waals surface area contributed by atoms with Crippen molar-refractivity contribution in [3.05, 3.63) is 16.6 Å². The first-order valence-electron chi connectivity index (χ1n) is 4.44. The van der Waals surface area contributed by atoms with Gasteiger partial charge in [-0.05, 0) is 13.3 Å². The summed E-state index contributed by atoms with van der Waals surface area (Å²) in [6, 6.07) is 0. The summed E-state index contributed by atoms with van der Waals surface area (Å²) in [5, 5.41) is 12.4. The average Bonchev–Trinajstić information content (AvgIpc) is 2.54. The fourth-order valence-corrected chi connectivity index (χ4v) is 2.11. The lowest BCUT2D eigenvalue weighted by Crippen LogP contribution is -2.42. The van der Waals surface area contributed by atoms with Gasteiger partial charge in [0, 0.05) is 17.1 Å². The first-order valence-corrected chi connectivity index (χ1v) is 5.32. The van der Waals surface area contributed by atoms with Crippen molar-refractivity contribution in [1.29, 1.82) is 0 Å². The van der Waals surface area contributed by atoms with Crippen LogP contribution in [0.15, 0.2) is 11.6 Å². The predicted molar refractivity (Wildman–Crippen MR) is 54.6 cm³/mol. The first-order chi connectivity index (χ1) is 6.08. The Morgan fingerprint density at radius 3 is 2.92 bits per heavy atom. The number of nitrogens with two attached hydrogens (primary N) is 1. The third-order valence-corrected chi connectivity index (χ3v) is 2.93. The summed E-state index contributed by atoms with van der Waals surface area (Å²) in [5.74, 6) is 0. The maximum Gasteiger partial charge on any atom is 0.123 e. The molecule has 4 heteroatoms. The Morgan fingerprint density at radius 1 is 1.77 bits per heavy atom. The van der Waals surface area contributed by atoms with Crippen LogP contribution < -0.4 is 5.73 Å². The molecule has 1 aromatic heterocycles. The van der Waals surface area contributed by atoms with E-state index in [2.05, 4.69) is 11.9 Å². The van der Waals surface area contributed by atoms with Crippen LogP contribution in [0.4, 0.5) is 0 Å². The Balaban J connectivity index is 2.71. The van der Waals surface area contributed by atoms with Crippen molar-refractivity contribution in [3.8, 4) is 0 Å². The Bertz CT molecular complexity index is 246. The van der Waals surface area contributed by atoms with Crippen molar-refractivity contribution >= 4 is 11.3 Å². The smallest absolute Gasteiger partial charge is 0.123 e. The zero-order chi connectivity index (χ0) is 9.90. The molecule has 0 spiro atoms. The van der Waals surface area contributed by atoms with Crippen LogP contribution in [0.5, 0.6) is 0 Å². The van der Waals surface area contributed by atoms with Gasteiger partial charge in [0.1, 0.15) is 11.1 Å². The van der Waals surface area contributed by atoms with Crippen molar-refractivity contribution in [1.82, 2.24) is 4.98 Å². The van der Waals surface area contributed by atoms with E-state index in [0.717, 1.165) is 12.8 Å². The van der Waals surface area contributed by atoms with Crippen LogP contribution in [-0.4, -0.2) is 15.6 Å². The number of rotatable bonds is 4. The molecule has 0 aliphatic rings. The van der Waals surface area contributed by atoms with Crippen LogP contribution in [0.3, 0.4) is 0 Å². The molecule has 0 aliphatic heterocycles. The molecule has 0 fully saturated rings. The van der Waals surface area contributed by atoms with Gasteiger partial charge in [-0.1, -0.05) is 13.3 Å². The van der Waals surface area contributed by atoms with Crippen molar-refractivity contribution < 1.29 is 5.11 Å². The maximum atomic E-state index is 9.89. The molecule has 1 heterocycles. The quantitative estimate of drug-likeness (QED) is 0.777. The van der Waals surface area contributed by atoms with Gasteiger partial charge in [-0.2, -0.15) is 0 Å². The summed E-state index contributed by atoms with van der Waals surface area (Å²) < 4.78 is 0. The minimum atomic E-state index is -0.646. The van der Waals surface area contributed by atoms with Crippen LogP contribution in [-0.2, 0) is 0 Å². The zero-order valence-electron chi connectivity index (χ0n) is 8.03. The number of aromatic nitrogens is 1. The SMILES string of the molecule is CCC[C@@](C)(N)[C@H](O)c1nccs1. The third-order valence-electron chi connectivity index (χ3n) is 2.10. The number of hydrogen-bond acceptors (Lipinski definition) is 4. The molecule has 2 atom stereocenters. The Labute approximate surface area is 82.6 Å². The minimum absolute atomic E-state index is 0.563. The lowest BCUT2D eigenvalue weighted by Gasteiger charge is -2.28. The molecular weight excluding hydrogens is 184 g/mol. The van der Waals surface area contributed by atoms with Gasteiger partial charge in [0.15, 0.2) is 0 Å². The molecule has 13 heavy (non-hydrogen) atoms. The fraction of sp³-hybridized carbons (Fsp3) is 0.667. The Morgan fingerprint density at radius 2 is 2.46 bits per heavy atom. The van der Waals surface area contributed by atoms with Gasteiger partial charge >= 0.3 is 0 Å². The number of hydrogen-bond donors (Lipinski definition) is 2. The second kappa shape index (κ2) is 4.17. The van der Waals surface area contributed by atoms with Gasteiger partial charge < -0.3 is 10.8 Å². The molecule has 74 valence electrons. The van der Waals surface area contributed by atoms with Crippen molar-refractivity contribution in [2.24, 2.45) is 5.73 Å². The molecule has 0 amide bonds. The standard InChI is InChI=1S/C9H16N2OS/c1-3-4-9(2,10)7(12)8-11-5-6-13-8/h5-7,12H,3-4,10H2,1-2H3/t7-,9-/m1/s1. The maximum absolute atomic E-state index is 9.89. The Hall–Kier alpha value is -0.450. The molecule has 0 bridgehead atoms. The molecule has 0 aliphatic carbocycles. The van der Waals surface area contributed by atoms with E-state index in [1.54, 1.807) is 6.20 Å². The monoisotopic (exact) mass is 200 g/mol. The molecule has 3 N–H and O–H groups in total. The van der Waals surface area contributed by atoms with Crippen LogP contribution in [0.2, 0.25) is 0 Å². The summed E-state index contributed by atoms with van der Waals surface area (Å²) in [5.41, 5.74) is 5.42. The summed E-state index contributed by atoms with van der Waals surface area (Å²) in [7, 11) is 0. The molecule has 0 saturated heterocycles. The van der Waals surface area contributed by atoms with Crippen LogP contribution >= 0.6 is 11.3 Å². The predicted octanol–water partition coefficient (Wildman–Crippen LogP) is 1.69. The van der Waals surface area contributed by atoms with E-state index in [4.69, 9.17) is 5.73 Å². The van der Waals surface area contributed by atoms with Gasteiger partial charge in [-0.15, -0.1) is 11.3 Å². The van der Waals surface area contributed by atoms with Crippen molar-refractivity contribution in [2.45, 2.75) is 38.3 Å². The highest BCUT2D eigenvalue weighted by Gasteiger charge is 2.30. The second-order valence-electron chi connectivity index (χ2n) is 3.53. The molecule has 1 aromatic rings. The molecule has 3 nitrogen and oxygen atoms in total. The zero-order valence-corrected chi connectivity index (χ0v) is 8.84. The topological polar surface area (TPSA) is 59.1 Å².